The summed E-state index contributed by atoms with van der Waals surface area (Å²) in [7, 11) is 0. The summed E-state index contributed by atoms with van der Waals surface area (Å²) in [5.41, 5.74) is -0.286. The lowest BCUT2D eigenvalue weighted by Gasteiger charge is -2.34. The van der Waals surface area contributed by atoms with Gasteiger partial charge in [-0.3, -0.25) is 4.79 Å². The van der Waals surface area contributed by atoms with Crippen molar-refractivity contribution in [3.63, 3.8) is 0 Å². The predicted octanol–water partition coefficient (Wildman–Crippen LogP) is 3.67. The minimum Gasteiger partial charge on any atom is -0.439 e. The molecule has 8 heteroatoms. The number of amides is 1. The molecule has 0 spiro atoms. The lowest BCUT2D eigenvalue weighted by atomic mass is 10.1. The van der Waals surface area contributed by atoms with E-state index >= 15 is 0 Å². The van der Waals surface area contributed by atoms with E-state index in [0.717, 1.165) is 38.0 Å². The highest BCUT2D eigenvalue weighted by atomic mass is 19.4. The van der Waals surface area contributed by atoms with Gasteiger partial charge in [0, 0.05) is 44.0 Å². The zero-order valence-electron chi connectivity index (χ0n) is 14.9. The van der Waals surface area contributed by atoms with Crippen LogP contribution >= 0.6 is 0 Å². The molecular formula is C19H20F3N3O2. The van der Waals surface area contributed by atoms with Crippen molar-refractivity contribution in [2.75, 3.05) is 32.7 Å². The van der Waals surface area contributed by atoms with Gasteiger partial charge in [-0.2, -0.15) is 13.2 Å². The van der Waals surface area contributed by atoms with Crippen LogP contribution in [0.4, 0.5) is 13.2 Å². The Bertz CT molecular complexity index is 768. The number of halogens is 3. The summed E-state index contributed by atoms with van der Waals surface area (Å²) in [5.74, 6) is 0.414. The molecule has 1 aromatic heterocycles. The zero-order valence-corrected chi connectivity index (χ0v) is 14.9. The molecule has 1 saturated heterocycles. The molecule has 1 aromatic carbocycles. The van der Waals surface area contributed by atoms with Crippen molar-refractivity contribution in [1.82, 2.24) is 14.8 Å². The van der Waals surface area contributed by atoms with Crippen LogP contribution in [-0.2, 0) is 6.18 Å². The number of hydrogen-bond acceptors (Lipinski definition) is 4. The van der Waals surface area contributed by atoms with Gasteiger partial charge >= 0.3 is 6.18 Å². The Labute approximate surface area is 155 Å². The lowest BCUT2D eigenvalue weighted by molar-refractivity contribution is -0.137. The van der Waals surface area contributed by atoms with Gasteiger partial charge in [-0.25, -0.2) is 4.98 Å². The van der Waals surface area contributed by atoms with Gasteiger partial charge in [0.25, 0.3) is 5.91 Å². The first-order chi connectivity index (χ1) is 12.9. The Kier molecular flexibility index (Phi) is 5.65. The first-order valence-electron chi connectivity index (χ1n) is 8.69. The zero-order chi connectivity index (χ0) is 19.4. The highest BCUT2D eigenvalue weighted by molar-refractivity contribution is 5.94. The molecule has 0 atom stereocenters. The van der Waals surface area contributed by atoms with Crippen molar-refractivity contribution in [2.45, 2.75) is 13.1 Å². The molecule has 1 amide bonds. The first-order valence-corrected chi connectivity index (χ1v) is 8.69. The Morgan fingerprint density at radius 3 is 2.26 bits per heavy atom. The third-order valence-corrected chi connectivity index (χ3v) is 4.49. The van der Waals surface area contributed by atoms with E-state index in [1.54, 1.807) is 24.3 Å². The normalized spacial score (nSPS) is 15.6. The maximum Gasteiger partial charge on any atom is 0.417 e. The molecule has 2 heterocycles. The van der Waals surface area contributed by atoms with E-state index in [9.17, 15) is 18.0 Å². The number of nitrogens with zero attached hydrogens (tertiary/aromatic N) is 3. The molecule has 0 bridgehead atoms. The minimum absolute atomic E-state index is 0.0371. The number of pyridine rings is 1. The van der Waals surface area contributed by atoms with Gasteiger partial charge in [-0.15, -0.1) is 0 Å². The number of hydrogen-bond donors (Lipinski definition) is 0. The molecule has 0 unspecified atom stereocenters. The molecule has 144 valence electrons. The topological polar surface area (TPSA) is 45.7 Å². The van der Waals surface area contributed by atoms with E-state index in [2.05, 4.69) is 16.8 Å². The number of ether oxygens (including phenoxy) is 1. The second-order valence-corrected chi connectivity index (χ2v) is 6.24. The maximum absolute atomic E-state index is 12.5. The summed E-state index contributed by atoms with van der Waals surface area (Å²) in [6.45, 7) is 6.20. The van der Waals surface area contributed by atoms with Crippen LogP contribution in [0, 0.1) is 0 Å². The highest BCUT2D eigenvalue weighted by Gasteiger charge is 2.30. The highest BCUT2D eigenvalue weighted by Crippen LogP contribution is 2.30. The van der Waals surface area contributed by atoms with Crippen LogP contribution in [-0.4, -0.2) is 53.4 Å². The van der Waals surface area contributed by atoms with Gasteiger partial charge < -0.3 is 14.5 Å². The monoisotopic (exact) mass is 379 g/mol. The van der Waals surface area contributed by atoms with E-state index in [4.69, 9.17) is 4.74 Å². The van der Waals surface area contributed by atoms with Crippen LogP contribution in [0.5, 0.6) is 11.6 Å². The summed E-state index contributed by atoms with van der Waals surface area (Å²) in [6, 6.07) is 8.58. The van der Waals surface area contributed by atoms with Gasteiger partial charge in [0.15, 0.2) is 0 Å². The average Bonchev–Trinajstić information content (AvgIpc) is 2.68. The summed E-state index contributed by atoms with van der Waals surface area (Å²) in [5, 5.41) is 0. The molecule has 3 rings (SSSR count). The number of rotatable bonds is 4. The van der Waals surface area contributed by atoms with Crippen molar-refractivity contribution >= 4 is 5.91 Å². The number of likely N-dealkylation sites (N-methyl/N-ethyl adjacent to an activating group) is 1. The predicted molar refractivity (Wildman–Crippen MR) is 93.8 cm³/mol. The quantitative estimate of drug-likeness (QED) is 0.813. The summed E-state index contributed by atoms with van der Waals surface area (Å²) < 4.78 is 43.1. The third kappa shape index (κ3) is 4.77. The van der Waals surface area contributed by atoms with E-state index in [1.807, 2.05) is 4.90 Å². The molecule has 1 aliphatic heterocycles. The molecule has 27 heavy (non-hydrogen) atoms. The number of carbonyl (C=O) groups is 1. The van der Waals surface area contributed by atoms with Gasteiger partial charge in [-0.1, -0.05) is 6.92 Å². The molecule has 5 nitrogen and oxygen atoms in total. The average molecular weight is 379 g/mol. The summed E-state index contributed by atoms with van der Waals surface area (Å²) in [6.07, 6.45) is -3.71. The molecule has 0 saturated carbocycles. The van der Waals surface area contributed by atoms with Gasteiger partial charge in [0.1, 0.15) is 5.75 Å². The van der Waals surface area contributed by atoms with Crippen LogP contribution < -0.4 is 4.74 Å². The number of aromatic nitrogens is 1. The van der Waals surface area contributed by atoms with Crippen LogP contribution in [0.1, 0.15) is 22.8 Å². The van der Waals surface area contributed by atoms with Crippen LogP contribution in [0.2, 0.25) is 0 Å². The number of benzene rings is 1. The first kappa shape index (κ1) is 19.2. The molecular weight excluding hydrogens is 359 g/mol. The number of alkyl halides is 3. The van der Waals surface area contributed by atoms with Crippen molar-refractivity contribution < 1.29 is 22.7 Å². The largest absolute Gasteiger partial charge is 0.439 e. The molecule has 0 aliphatic carbocycles. The Morgan fingerprint density at radius 2 is 1.74 bits per heavy atom. The van der Waals surface area contributed by atoms with Crippen molar-refractivity contribution in [1.29, 1.82) is 0 Å². The fourth-order valence-electron chi connectivity index (χ4n) is 2.84. The summed E-state index contributed by atoms with van der Waals surface area (Å²) in [4.78, 5) is 20.3. The second-order valence-electron chi connectivity index (χ2n) is 6.24. The van der Waals surface area contributed by atoms with Crippen molar-refractivity contribution in [2.24, 2.45) is 0 Å². The molecule has 2 aromatic rings. The Balaban J connectivity index is 1.61. The fourth-order valence-corrected chi connectivity index (χ4v) is 2.84. The van der Waals surface area contributed by atoms with Gasteiger partial charge in [0.05, 0.1) is 5.56 Å². The Morgan fingerprint density at radius 1 is 1.07 bits per heavy atom. The van der Waals surface area contributed by atoms with Crippen LogP contribution in [0.25, 0.3) is 0 Å². The molecule has 1 fully saturated rings. The van der Waals surface area contributed by atoms with Crippen LogP contribution in [0.15, 0.2) is 42.6 Å². The Hall–Kier alpha value is -2.61. The van der Waals surface area contributed by atoms with Gasteiger partial charge in [-0.05, 0) is 36.9 Å². The van der Waals surface area contributed by atoms with Crippen LogP contribution in [0.3, 0.4) is 0 Å². The SMILES string of the molecule is CCN1CCN(C(=O)c2ccc(Oc3ccc(C(F)(F)F)cn3)cc2)CC1. The van der Waals surface area contributed by atoms with E-state index in [0.29, 0.717) is 24.4 Å². The number of carbonyl (C=O) groups excluding carboxylic acids is 1. The van der Waals surface area contributed by atoms with E-state index in [-0.39, 0.29) is 11.8 Å². The standard InChI is InChI=1S/C19H20F3N3O2/c1-2-24-9-11-25(12-10-24)18(26)14-3-6-16(7-4-14)27-17-8-5-15(13-23-17)19(20,21)22/h3-8,13H,2,9-12H2,1H3. The van der Waals surface area contributed by atoms with Crippen molar-refractivity contribution in [3.05, 3.63) is 53.7 Å². The smallest absolute Gasteiger partial charge is 0.417 e. The van der Waals surface area contributed by atoms with Gasteiger partial charge in [0.2, 0.25) is 5.88 Å². The second kappa shape index (κ2) is 7.96. The minimum atomic E-state index is -4.43. The number of piperazine rings is 1. The molecule has 1 aliphatic rings. The van der Waals surface area contributed by atoms with E-state index in [1.165, 1.54) is 0 Å². The summed E-state index contributed by atoms with van der Waals surface area (Å²) >= 11 is 0. The fraction of sp³-hybridized carbons (Fsp3) is 0.368. The molecule has 0 radical (unpaired) electrons. The van der Waals surface area contributed by atoms with E-state index < -0.39 is 11.7 Å². The third-order valence-electron chi connectivity index (χ3n) is 4.49. The lowest BCUT2D eigenvalue weighted by Crippen LogP contribution is -2.48. The molecule has 0 N–H and O–H groups in total. The maximum atomic E-state index is 12.5. The van der Waals surface area contributed by atoms with Crippen molar-refractivity contribution in [3.8, 4) is 11.6 Å².